The van der Waals surface area contributed by atoms with Crippen LogP contribution < -0.4 is 15.3 Å². The van der Waals surface area contributed by atoms with Gasteiger partial charge in [-0.05, 0) is 55.3 Å². The molecule has 5 heteroatoms. The van der Waals surface area contributed by atoms with Gasteiger partial charge >= 0.3 is 5.63 Å². The fraction of sp³-hybridized carbons (Fsp3) is 0.211. The summed E-state index contributed by atoms with van der Waals surface area (Å²) in [6, 6.07) is 11.6. The minimum Gasteiger partial charge on any atom is -0.473 e. The van der Waals surface area contributed by atoms with E-state index in [1.807, 2.05) is 25.1 Å². The lowest BCUT2D eigenvalue weighted by Crippen LogP contribution is -2.32. The number of hydrogen-bond acceptors (Lipinski definition) is 4. The second kappa shape index (κ2) is 5.67. The maximum absolute atomic E-state index is 11.8. The van der Waals surface area contributed by atoms with Crippen molar-refractivity contribution in [3.05, 3.63) is 68.0 Å². The van der Waals surface area contributed by atoms with Crippen molar-refractivity contribution < 1.29 is 9.15 Å². The Hall–Kier alpha value is -2.27. The molecule has 2 aromatic carbocycles. The third kappa shape index (κ3) is 2.49. The van der Waals surface area contributed by atoms with Gasteiger partial charge in [0.05, 0.1) is 12.1 Å². The Balaban J connectivity index is 1.84. The SMILES string of the molecule is Cc1cc(Br)ccc1N1COc2ccc3c(C)cc(=O)oc3c2C1. The van der Waals surface area contributed by atoms with Crippen molar-refractivity contribution in [3.8, 4) is 5.75 Å². The summed E-state index contributed by atoms with van der Waals surface area (Å²) in [5, 5.41) is 0.950. The highest BCUT2D eigenvalue weighted by Crippen LogP contribution is 2.35. The molecule has 0 fully saturated rings. The quantitative estimate of drug-likeness (QED) is 0.577. The van der Waals surface area contributed by atoms with Crippen LogP contribution in [-0.4, -0.2) is 6.73 Å². The van der Waals surface area contributed by atoms with E-state index in [0.717, 1.165) is 38.0 Å². The predicted molar refractivity (Wildman–Crippen MR) is 97.8 cm³/mol. The second-order valence-electron chi connectivity index (χ2n) is 6.07. The molecule has 0 spiro atoms. The van der Waals surface area contributed by atoms with Crippen molar-refractivity contribution in [1.82, 2.24) is 0 Å². The van der Waals surface area contributed by atoms with Crippen LogP contribution in [0, 0.1) is 13.8 Å². The summed E-state index contributed by atoms with van der Waals surface area (Å²) in [6.45, 7) is 5.10. The van der Waals surface area contributed by atoms with E-state index in [4.69, 9.17) is 9.15 Å². The van der Waals surface area contributed by atoms with Crippen LogP contribution in [0.4, 0.5) is 5.69 Å². The minimum absolute atomic E-state index is 0.328. The van der Waals surface area contributed by atoms with E-state index in [1.54, 1.807) is 0 Å². The minimum atomic E-state index is -0.328. The van der Waals surface area contributed by atoms with E-state index in [2.05, 4.69) is 39.9 Å². The normalized spacial score (nSPS) is 13.7. The zero-order valence-corrected chi connectivity index (χ0v) is 15.0. The first-order valence-corrected chi connectivity index (χ1v) is 8.52. The number of hydrogen-bond donors (Lipinski definition) is 0. The summed E-state index contributed by atoms with van der Waals surface area (Å²) in [7, 11) is 0. The molecule has 122 valence electrons. The molecular formula is C19H16BrNO3. The van der Waals surface area contributed by atoms with E-state index in [0.29, 0.717) is 18.9 Å². The molecule has 3 aromatic rings. The van der Waals surface area contributed by atoms with Gasteiger partial charge in [-0.2, -0.15) is 0 Å². The highest BCUT2D eigenvalue weighted by molar-refractivity contribution is 9.10. The molecule has 0 aliphatic carbocycles. The molecule has 0 bridgehead atoms. The van der Waals surface area contributed by atoms with E-state index < -0.39 is 0 Å². The van der Waals surface area contributed by atoms with Crippen LogP contribution in [0.25, 0.3) is 11.0 Å². The first kappa shape index (κ1) is 15.3. The first-order chi connectivity index (χ1) is 11.5. The number of ether oxygens (including phenoxy) is 1. The van der Waals surface area contributed by atoms with E-state index in [-0.39, 0.29) is 5.63 Å². The molecule has 1 aliphatic rings. The second-order valence-corrected chi connectivity index (χ2v) is 6.99. The van der Waals surface area contributed by atoms with Crippen LogP contribution >= 0.6 is 15.9 Å². The Morgan fingerprint density at radius 1 is 1.08 bits per heavy atom. The third-order valence-corrected chi connectivity index (χ3v) is 4.90. The van der Waals surface area contributed by atoms with Gasteiger partial charge in [-0.25, -0.2) is 4.79 Å². The maximum Gasteiger partial charge on any atom is 0.336 e. The van der Waals surface area contributed by atoms with Crippen LogP contribution in [0.3, 0.4) is 0 Å². The standard InChI is InChI=1S/C19H16BrNO3/c1-11-8-18(22)24-19-14(11)4-6-17-15(19)9-21(10-23-17)16-5-3-13(20)7-12(16)2/h3-8H,9-10H2,1-2H3. The van der Waals surface area contributed by atoms with Gasteiger partial charge in [0.1, 0.15) is 11.3 Å². The molecule has 1 aromatic heterocycles. The summed E-state index contributed by atoms with van der Waals surface area (Å²) in [5.41, 5.74) is 4.40. The van der Waals surface area contributed by atoms with Crippen LogP contribution in [0.5, 0.6) is 5.75 Å². The maximum atomic E-state index is 11.8. The number of benzene rings is 2. The average molecular weight is 386 g/mol. The van der Waals surface area contributed by atoms with Gasteiger partial charge in [-0.1, -0.05) is 15.9 Å². The molecule has 0 saturated heterocycles. The molecule has 24 heavy (non-hydrogen) atoms. The van der Waals surface area contributed by atoms with Crippen LogP contribution in [0.2, 0.25) is 0 Å². The molecule has 0 unspecified atom stereocenters. The van der Waals surface area contributed by atoms with Gasteiger partial charge in [0.2, 0.25) is 0 Å². The van der Waals surface area contributed by atoms with Crippen molar-refractivity contribution in [2.24, 2.45) is 0 Å². The van der Waals surface area contributed by atoms with Crippen molar-refractivity contribution in [2.75, 3.05) is 11.6 Å². The van der Waals surface area contributed by atoms with Gasteiger partial charge in [0, 0.05) is 21.6 Å². The van der Waals surface area contributed by atoms with Crippen LogP contribution in [-0.2, 0) is 6.54 Å². The Labute approximate surface area is 147 Å². The molecule has 0 amide bonds. The molecule has 2 heterocycles. The van der Waals surface area contributed by atoms with Crippen molar-refractivity contribution in [3.63, 3.8) is 0 Å². The number of rotatable bonds is 1. The van der Waals surface area contributed by atoms with Crippen LogP contribution in [0.15, 0.2) is 50.1 Å². The number of halogens is 1. The third-order valence-electron chi connectivity index (χ3n) is 4.40. The summed E-state index contributed by atoms with van der Waals surface area (Å²) >= 11 is 3.50. The van der Waals surface area contributed by atoms with Gasteiger partial charge in [-0.15, -0.1) is 0 Å². The smallest absolute Gasteiger partial charge is 0.336 e. The Bertz CT molecular complexity index is 1010. The first-order valence-electron chi connectivity index (χ1n) is 7.73. The number of nitrogens with zero attached hydrogens (tertiary/aromatic N) is 1. The summed E-state index contributed by atoms with van der Waals surface area (Å²) < 4.78 is 12.5. The zero-order valence-electron chi connectivity index (χ0n) is 13.4. The van der Waals surface area contributed by atoms with E-state index in [9.17, 15) is 4.79 Å². The van der Waals surface area contributed by atoms with E-state index >= 15 is 0 Å². The fourth-order valence-corrected chi connectivity index (χ4v) is 3.69. The lowest BCUT2D eigenvalue weighted by molar-refractivity contribution is 0.289. The number of fused-ring (bicyclic) bond motifs is 3. The van der Waals surface area contributed by atoms with Gasteiger partial charge in [0.15, 0.2) is 6.73 Å². The lowest BCUT2D eigenvalue weighted by atomic mass is 10.0. The Morgan fingerprint density at radius 3 is 2.71 bits per heavy atom. The molecule has 0 radical (unpaired) electrons. The lowest BCUT2D eigenvalue weighted by Gasteiger charge is -2.32. The molecule has 4 nitrogen and oxygen atoms in total. The van der Waals surface area contributed by atoms with Crippen LogP contribution in [0.1, 0.15) is 16.7 Å². The summed E-state index contributed by atoms with van der Waals surface area (Å²) in [5.74, 6) is 0.780. The zero-order chi connectivity index (χ0) is 16.8. The molecule has 4 rings (SSSR count). The van der Waals surface area contributed by atoms with Gasteiger partial charge < -0.3 is 14.1 Å². The average Bonchev–Trinajstić information content (AvgIpc) is 2.54. The Kier molecular flexibility index (Phi) is 3.61. The van der Waals surface area contributed by atoms with Gasteiger partial charge in [0.25, 0.3) is 0 Å². The van der Waals surface area contributed by atoms with Crippen molar-refractivity contribution in [1.29, 1.82) is 0 Å². The highest BCUT2D eigenvalue weighted by atomic mass is 79.9. The topological polar surface area (TPSA) is 42.7 Å². The largest absolute Gasteiger partial charge is 0.473 e. The predicted octanol–water partition coefficient (Wildman–Crippen LogP) is 4.53. The van der Waals surface area contributed by atoms with Gasteiger partial charge in [-0.3, -0.25) is 0 Å². The van der Waals surface area contributed by atoms with E-state index in [1.165, 1.54) is 6.07 Å². The highest BCUT2D eigenvalue weighted by Gasteiger charge is 2.23. The monoisotopic (exact) mass is 385 g/mol. The molecule has 0 atom stereocenters. The fourth-order valence-electron chi connectivity index (χ4n) is 3.22. The number of aryl methyl sites for hydroxylation is 2. The molecule has 0 saturated carbocycles. The summed E-state index contributed by atoms with van der Waals surface area (Å²) in [6.07, 6.45) is 0. The molecular weight excluding hydrogens is 370 g/mol. The van der Waals surface area contributed by atoms with Crippen molar-refractivity contribution in [2.45, 2.75) is 20.4 Å². The Morgan fingerprint density at radius 2 is 1.92 bits per heavy atom. The molecule has 1 aliphatic heterocycles. The van der Waals surface area contributed by atoms with Crippen molar-refractivity contribution >= 4 is 32.6 Å². The number of anilines is 1. The molecule has 0 N–H and O–H groups in total. The summed E-state index contributed by atoms with van der Waals surface area (Å²) in [4.78, 5) is 14.0.